The molecule has 1 N–H and O–H groups in total. The van der Waals surface area contributed by atoms with Crippen molar-refractivity contribution in [2.75, 3.05) is 0 Å². The first-order chi connectivity index (χ1) is 4.02. The molecule has 0 saturated heterocycles. The fraction of sp³-hybridized carbons (Fsp3) is 0. The Bertz CT molecular complexity index is 254. The van der Waals surface area contributed by atoms with Crippen molar-refractivity contribution < 1.29 is 17.8 Å². The van der Waals surface area contributed by atoms with Gasteiger partial charge in [0.25, 0.3) is 0 Å². The van der Waals surface area contributed by atoms with Crippen LogP contribution in [0.25, 0.3) is 0 Å². The lowest BCUT2D eigenvalue weighted by atomic mass is 10.6. The molecule has 50 valence electrons. The van der Waals surface area contributed by atoms with Gasteiger partial charge in [-0.15, -0.1) is 0 Å². The van der Waals surface area contributed by atoms with Gasteiger partial charge in [-0.05, 0) is 6.08 Å². The standard InChI is InChI=1S/C4H4O4S/c1-2-4(3-5)9(6,7)8/h2H,1H2,(H,6,7,8). The summed E-state index contributed by atoms with van der Waals surface area (Å²) >= 11 is 0. The average Bonchev–Trinajstić information content (AvgIpc) is 1.65. The van der Waals surface area contributed by atoms with Crippen molar-refractivity contribution in [3.63, 3.8) is 0 Å². The molecule has 9 heavy (non-hydrogen) atoms. The van der Waals surface area contributed by atoms with Crippen LogP contribution in [0, 0.1) is 0 Å². The van der Waals surface area contributed by atoms with Gasteiger partial charge in [-0.3, -0.25) is 4.55 Å². The fourth-order valence-electron chi connectivity index (χ4n) is 0.200. The van der Waals surface area contributed by atoms with Crippen LogP contribution in [0.5, 0.6) is 0 Å². The molecule has 0 aliphatic carbocycles. The van der Waals surface area contributed by atoms with Gasteiger partial charge >= 0.3 is 10.1 Å². The largest absolute Gasteiger partial charge is 0.305 e. The molecule has 0 radical (unpaired) electrons. The maximum absolute atomic E-state index is 9.98. The van der Waals surface area contributed by atoms with E-state index in [9.17, 15) is 13.2 Å². The van der Waals surface area contributed by atoms with Crippen molar-refractivity contribution in [3.8, 4) is 0 Å². The third-order valence-electron chi connectivity index (χ3n) is 0.564. The zero-order chi connectivity index (χ0) is 7.49. The lowest BCUT2D eigenvalue weighted by Crippen LogP contribution is -1.98. The maximum atomic E-state index is 9.98. The predicted molar refractivity (Wildman–Crippen MR) is 31.0 cm³/mol. The SMILES string of the molecule is C=CC(=C=O)S(=O)(=O)O. The van der Waals surface area contributed by atoms with E-state index < -0.39 is 15.0 Å². The van der Waals surface area contributed by atoms with E-state index in [-0.39, 0.29) is 0 Å². The van der Waals surface area contributed by atoms with Crippen molar-refractivity contribution >= 4 is 16.1 Å². The summed E-state index contributed by atoms with van der Waals surface area (Å²) < 4.78 is 28.0. The third kappa shape index (κ3) is 2.23. The monoisotopic (exact) mass is 148 g/mol. The number of hydrogen-bond acceptors (Lipinski definition) is 3. The molecule has 0 aromatic carbocycles. The molecule has 0 aliphatic heterocycles. The van der Waals surface area contributed by atoms with Crippen LogP contribution in [0.1, 0.15) is 0 Å². The van der Waals surface area contributed by atoms with E-state index in [1.165, 1.54) is 0 Å². The molecule has 0 aliphatic rings. The normalized spacial score (nSPS) is 9.89. The molecule has 4 nitrogen and oxygen atoms in total. The van der Waals surface area contributed by atoms with Crippen LogP contribution in [-0.2, 0) is 14.9 Å². The van der Waals surface area contributed by atoms with Crippen LogP contribution in [0.3, 0.4) is 0 Å². The molecule has 0 heterocycles. The number of hydrogen-bond donors (Lipinski definition) is 1. The van der Waals surface area contributed by atoms with Gasteiger partial charge in [0, 0.05) is 0 Å². The minimum absolute atomic E-state index is 0.711. The third-order valence-corrected chi connectivity index (χ3v) is 1.37. The second kappa shape index (κ2) is 2.59. The van der Waals surface area contributed by atoms with Crippen molar-refractivity contribution in [3.05, 3.63) is 17.6 Å². The molecule has 0 bridgehead atoms. The summed E-state index contributed by atoms with van der Waals surface area (Å²) in [5.74, 6) is 1.00. The Kier molecular flexibility index (Phi) is 2.33. The Hall–Kier alpha value is -0.900. The van der Waals surface area contributed by atoms with E-state index in [1.54, 1.807) is 0 Å². The Morgan fingerprint density at radius 1 is 1.67 bits per heavy atom. The lowest BCUT2D eigenvalue weighted by molar-refractivity contribution is 0.492. The highest BCUT2D eigenvalue weighted by molar-refractivity contribution is 7.90. The van der Waals surface area contributed by atoms with Gasteiger partial charge in [-0.25, -0.2) is 4.79 Å². The molecule has 0 unspecified atom stereocenters. The molecular formula is C4H4O4S. The first kappa shape index (κ1) is 8.10. The highest BCUT2D eigenvalue weighted by Crippen LogP contribution is 1.97. The second-order valence-electron chi connectivity index (χ2n) is 1.15. The van der Waals surface area contributed by atoms with Gasteiger partial charge in [-0.2, -0.15) is 8.42 Å². The minimum Gasteiger partial charge on any atom is -0.281 e. The van der Waals surface area contributed by atoms with Crippen LogP contribution in [0.2, 0.25) is 0 Å². The van der Waals surface area contributed by atoms with Gasteiger partial charge in [-0.1, -0.05) is 6.58 Å². The number of rotatable bonds is 2. The van der Waals surface area contributed by atoms with E-state index in [2.05, 4.69) is 6.58 Å². The van der Waals surface area contributed by atoms with Crippen LogP contribution < -0.4 is 0 Å². The Labute approximate surface area is 52.2 Å². The zero-order valence-electron chi connectivity index (χ0n) is 4.36. The lowest BCUT2D eigenvalue weighted by Gasteiger charge is -1.85. The van der Waals surface area contributed by atoms with Gasteiger partial charge in [0.1, 0.15) is 5.94 Å². The molecule has 0 amide bonds. The zero-order valence-corrected chi connectivity index (χ0v) is 5.18. The van der Waals surface area contributed by atoms with E-state index in [0.29, 0.717) is 6.08 Å². The molecule has 0 aromatic rings. The predicted octanol–water partition coefficient (Wildman–Crippen LogP) is -0.224. The molecular weight excluding hydrogens is 144 g/mol. The Morgan fingerprint density at radius 3 is 2.11 bits per heavy atom. The number of carbonyl (C=O) groups excluding carboxylic acids is 1. The summed E-state index contributed by atoms with van der Waals surface area (Å²) in [6, 6.07) is 0. The smallest absolute Gasteiger partial charge is 0.281 e. The molecule has 0 saturated carbocycles. The topological polar surface area (TPSA) is 71.4 Å². The summed E-state index contributed by atoms with van der Waals surface area (Å²) in [5.41, 5.74) is 0. The van der Waals surface area contributed by atoms with E-state index in [4.69, 9.17) is 4.55 Å². The summed E-state index contributed by atoms with van der Waals surface area (Å²) in [6.45, 7) is 2.96. The highest BCUT2D eigenvalue weighted by atomic mass is 32.2. The fourth-order valence-corrected chi connectivity index (χ4v) is 0.516. The van der Waals surface area contributed by atoms with E-state index >= 15 is 0 Å². The van der Waals surface area contributed by atoms with Gasteiger partial charge in [0.2, 0.25) is 0 Å². The highest BCUT2D eigenvalue weighted by Gasteiger charge is 2.09. The molecule has 0 aromatic heterocycles. The Morgan fingerprint density at radius 2 is 2.11 bits per heavy atom. The molecule has 0 atom stereocenters. The average molecular weight is 148 g/mol. The second-order valence-corrected chi connectivity index (χ2v) is 2.54. The van der Waals surface area contributed by atoms with Gasteiger partial charge < -0.3 is 0 Å². The summed E-state index contributed by atoms with van der Waals surface area (Å²) in [7, 11) is -4.39. The number of allylic oxidation sites excluding steroid dienone is 1. The maximum Gasteiger partial charge on any atom is 0.305 e. The van der Waals surface area contributed by atoms with Crippen LogP contribution in [0.15, 0.2) is 17.6 Å². The molecule has 5 heteroatoms. The summed E-state index contributed by atoms with van der Waals surface area (Å²) in [4.78, 5) is 8.77. The summed E-state index contributed by atoms with van der Waals surface area (Å²) in [5, 5.41) is 0. The molecule has 0 rings (SSSR count). The van der Waals surface area contributed by atoms with Crippen LogP contribution in [-0.4, -0.2) is 18.9 Å². The molecule has 0 spiro atoms. The minimum atomic E-state index is -4.39. The van der Waals surface area contributed by atoms with Crippen molar-refractivity contribution in [2.24, 2.45) is 0 Å². The summed E-state index contributed by atoms with van der Waals surface area (Å²) in [6.07, 6.45) is 0.711. The quantitative estimate of drug-likeness (QED) is 0.333. The van der Waals surface area contributed by atoms with E-state index in [0.717, 1.165) is 5.94 Å². The Balaban J connectivity index is 5.01. The van der Waals surface area contributed by atoms with E-state index in [1.807, 2.05) is 0 Å². The van der Waals surface area contributed by atoms with Crippen molar-refractivity contribution in [1.29, 1.82) is 0 Å². The van der Waals surface area contributed by atoms with Crippen molar-refractivity contribution in [1.82, 2.24) is 0 Å². The van der Waals surface area contributed by atoms with Crippen LogP contribution in [0.4, 0.5) is 0 Å². The van der Waals surface area contributed by atoms with Crippen molar-refractivity contribution in [2.45, 2.75) is 0 Å². The van der Waals surface area contributed by atoms with Crippen LogP contribution >= 0.6 is 0 Å². The first-order valence-electron chi connectivity index (χ1n) is 1.87. The molecule has 0 fully saturated rings. The first-order valence-corrected chi connectivity index (χ1v) is 3.31. The van der Waals surface area contributed by atoms with Gasteiger partial charge in [0.15, 0.2) is 4.91 Å². The van der Waals surface area contributed by atoms with Gasteiger partial charge in [0.05, 0.1) is 0 Å².